The first kappa shape index (κ1) is 11.4. The summed E-state index contributed by atoms with van der Waals surface area (Å²) >= 11 is 3.37. The fourth-order valence-electron chi connectivity index (χ4n) is 1.37. The van der Waals surface area contributed by atoms with E-state index in [0.717, 1.165) is 9.99 Å². The van der Waals surface area contributed by atoms with E-state index < -0.39 is 5.60 Å². The smallest absolute Gasteiger partial charge is 0.227 e. The molecular formula is C11H13BrN2O2. The Kier molecular flexibility index (Phi) is 2.67. The van der Waals surface area contributed by atoms with E-state index in [1.165, 1.54) is 0 Å². The highest BCUT2D eigenvalue weighted by Crippen LogP contribution is 2.31. The highest BCUT2D eigenvalue weighted by atomic mass is 79.9. The molecule has 0 atom stereocenters. The van der Waals surface area contributed by atoms with Crippen LogP contribution in [0.15, 0.2) is 21.0 Å². The molecule has 0 aliphatic carbocycles. The molecule has 5 heteroatoms. The minimum atomic E-state index is -0.558. The first-order valence-electron chi connectivity index (χ1n) is 4.85. The van der Waals surface area contributed by atoms with Crippen LogP contribution in [0, 0.1) is 0 Å². The van der Waals surface area contributed by atoms with Gasteiger partial charge in [-0.3, -0.25) is 0 Å². The van der Waals surface area contributed by atoms with Gasteiger partial charge in [0.2, 0.25) is 5.89 Å². The summed E-state index contributed by atoms with van der Waals surface area (Å²) in [6.07, 6.45) is 0. The number of nitrogens with zero attached hydrogens (tertiary/aromatic N) is 1. The van der Waals surface area contributed by atoms with Gasteiger partial charge in [-0.2, -0.15) is 0 Å². The zero-order valence-electron chi connectivity index (χ0n) is 9.37. The van der Waals surface area contributed by atoms with Gasteiger partial charge in [-0.15, -0.1) is 0 Å². The average molecular weight is 285 g/mol. The van der Waals surface area contributed by atoms with Crippen LogP contribution in [0.25, 0.3) is 11.1 Å². The van der Waals surface area contributed by atoms with Crippen molar-refractivity contribution in [1.82, 2.24) is 4.98 Å². The Bertz CT molecular complexity index is 534. The lowest BCUT2D eigenvalue weighted by molar-refractivity contribution is -0.00239. The molecule has 0 amide bonds. The van der Waals surface area contributed by atoms with Crippen LogP contribution >= 0.6 is 15.9 Å². The highest BCUT2D eigenvalue weighted by molar-refractivity contribution is 9.10. The molecular weight excluding hydrogens is 272 g/mol. The number of nitrogen functional groups attached to an aromatic ring is 1. The summed E-state index contributed by atoms with van der Waals surface area (Å²) in [6.45, 7) is 3.78. The van der Waals surface area contributed by atoms with Crippen molar-refractivity contribution in [1.29, 1.82) is 0 Å². The third-order valence-corrected chi connectivity index (χ3v) is 2.97. The zero-order valence-corrected chi connectivity index (χ0v) is 11.0. The fraction of sp³-hybridized carbons (Fsp3) is 0.364. The van der Waals surface area contributed by atoms with Gasteiger partial charge in [-0.25, -0.2) is 4.98 Å². The lowest BCUT2D eigenvalue weighted by atomic mass is 10.1. The summed E-state index contributed by atoms with van der Waals surface area (Å²) < 4.78 is 11.8. The maximum atomic E-state index is 5.85. The number of hydrogen-bond acceptors (Lipinski definition) is 4. The molecule has 0 fully saturated rings. The van der Waals surface area contributed by atoms with Crippen LogP contribution in [0.3, 0.4) is 0 Å². The van der Waals surface area contributed by atoms with Gasteiger partial charge in [-0.1, -0.05) is 15.9 Å². The highest BCUT2D eigenvalue weighted by Gasteiger charge is 2.26. The van der Waals surface area contributed by atoms with Crippen LogP contribution in [0.4, 0.5) is 5.69 Å². The number of oxazole rings is 1. The summed E-state index contributed by atoms with van der Waals surface area (Å²) in [5.41, 5.74) is 7.19. The molecule has 0 spiro atoms. The third-order valence-electron chi connectivity index (χ3n) is 2.51. The van der Waals surface area contributed by atoms with Crippen molar-refractivity contribution in [3.8, 4) is 0 Å². The molecule has 2 rings (SSSR count). The minimum Gasteiger partial charge on any atom is -0.435 e. The number of fused-ring (bicyclic) bond motifs is 1. The molecule has 16 heavy (non-hydrogen) atoms. The Balaban J connectivity index is 2.65. The second kappa shape index (κ2) is 3.75. The fourth-order valence-corrected chi connectivity index (χ4v) is 1.83. The summed E-state index contributed by atoms with van der Waals surface area (Å²) in [4.78, 5) is 4.38. The second-order valence-corrected chi connectivity index (χ2v) is 4.99. The van der Waals surface area contributed by atoms with Crippen LogP contribution in [0.5, 0.6) is 0 Å². The third kappa shape index (κ3) is 1.81. The van der Waals surface area contributed by atoms with Crippen molar-refractivity contribution < 1.29 is 9.15 Å². The van der Waals surface area contributed by atoms with Crippen molar-refractivity contribution in [2.24, 2.45) is 0 Å². The number of nitrogens with two attached hydrogens (primary N) is 1. The van der Waals surface area contributed by atoms with Gasteiger partial charge in [0.25, 0.3) is 0 Å². The Morgan fingerprint density at radius 1 is 1.44 bits per heavy atom. The predicted molar refractivity (Wildman–Crippen MR) is 66.2 cm³/mol. The number of methoxy groups -OCH3 is 1. The van der Waals surface area contributed by atoms with Crippen LogP contribution in [0.2, 0.25) is 0 Å². The number of benzene rings is 1. The van der Waals surface area contributed by atoms with E-state index in [1.807, 2.05) is 19.9 Å². The molecule has 0 unspecified atom stereocenters. The maximum Gasteiger partial charge on any atom is 0.227 e. The topological polar surface area (TPSA) is 61.3 Å². The lowest BCUT2D eigenvalue weighted by Gasteiger charge is -2.17. The number of rotatable bonds is 2. The average Bonchev–Trinajstić information content (AvgIpc) is 2.62. The Labute approximate surface area is 102 Å². The molecule has 0 saturated heterocycles. The lowest BCUT2D eigenvalue weighted by Crippen LogP contribution is -2.19. The Hall–Kier alpha value is -1.07. The zero-order chi connectivity index (χ0) is 11.9. The van der Waals surface area contributed by atoms with Gasteiger partial charge in [0.15, 0.2) is 5.58 Å². The van der Waals surface area contributed by atoms with Gasteiger partial charge in [-0.05, 0) is 26.0 Å². The molecule has 1 heterocycles. The van der Waals surface area contributed by atoms with Crippen molar-refractivity contribution >= 4 is 32.7 Å². The van der Waals surface area contributed by atoms with Gasteiger partial charge in [0.1, 0.15) is 11.1 Å². The number of halogens is 1. The molecule has 0 radical (unpaired) electrons. The summed E-state index contributed by atoms with van der Waals surface area (Å²) in [5, 5.41) is 0. The molecule has 0 aliphatic rings. The van der Waals surface area contributed by atoms with E-state index in [0.29, 0.717) is 17.2 Å². The standard InChI is InChI=1S/C11H13BrN2O2/c1-11(2,15-3)10-14-8-5-6(12)4-7(13)9(8)16-10/h4-5H,13H2,1-3H3. The van der Waals surface area contributed by atoms with E-state index in [2.05, 4.69) is 20.9 Å². The molecule has 2 aromatic rings. The van der Waals surface area contributed by atoms with E-state index in [9.17, 15) is 0 Å². The van der Waals surface area contributed by atoms with Crippen molar-refractivity contribution in [2.75, 3.05) is 12.8 Å². The van der Waals surface area contributed by atoms with Crippen molar-refractivity contribution in [3.63, 3.8) is 0 Å². The molecule has 86 valence electrons. The van der Waals surface area contributed by atoms with Gasteiger partial charge in [0, 0.05) is 11.6 Å². The van der Waals surface area contributed by atoms with Crippen LogP contribution < -0.4 is 5.73 Å². The summed E-state index contributed by atoms with van der Waals surface area (Å²) in [5.74, 6) is 0.523. The second-order valence-electron chi connectivity index (χ2n) is 4.08. The number of aromatic nitrogens is 1. The summed E-state index contributed by atoms with van der Waals surface area (Å²) in [6, 6.07) is 3.65. The molecule has 4 nitrogen and oxygen atoms in total. The molecule has 0 bridgehead atoms. The maximum absolute atomic E-state index is 5.85. The van der Waals surface area contributed by atoms with Gasteiger partial charge in [0.05, 0.1) is 5.69 Å². The van der Waals surface area contributed by atoms with Gasteiger partial charge < -0.3 is 14.9 Å². The van der Waals surface area contributed by atoms with Crippen molar-refractivity contribution in [2.45, 2.75) is 19.4 Å². The van der Waals surface area contributed by atoms with Crippen LogP contribution in [-0.2, 0) is 10.3 Å². The number of ether oxygens (including phenoxy) is 1. The number of hydrogen-bond donors (Lipinski definition) is 1. The normalized spacial score (nSPS) is 12.2. The largest absolute Gasteiger partial charge is 0.435 e. The van der Waals surface area contributed by atoms with E-state index >= 15 is 0 Å². The number of anilines is 1. The summed E-state index contributed by atoms with van der Waals surface area (Å²) in [7, 11) is 1.62. The molecule has 1 aromatic carbocycles. The minimum absolute atomic E-state index is 0.523. The van der Waals surface area contributed by atoms with E-state index in [-0.39, 0.29) is 0 Å². The first-order valence-corrected chi connectivity index (χ1v) is 5.64. The molecule has 0 saturated carbocycles. The van der Waals surface area contributed by atoms with Crippen molar-refractivity contribution in [3.05, 3.63) is 22.5 Å². The monoisotopic (exact) mass is 284 g/mol. The van der Waals surface area contributed by atoms with Gasteiger partial charge >= 0.3 is 0 Å². The quantitative estimate of drug-likeness (QED) is 0.861. The van der Waals surface area contributed by atoms with E-state index in [1.54, 1.807) is 13.2 Å². The molecule has 1 aromatic heterocycles. The first-order chi connectivity index (χ1) is 7.44. The molecule has 2 N–H and O–H groups in total. The SMILES string of the molecule is COC(C)(C)c1nc2cc(Br)cc(N)c2o1. The predicted octanol–water partition coefficient (Wildman–Crippen LogP) is 3.05. The van der Waals surface area contributed by atoms with Crippen LogP contribution in [0.1, 0.15) is 19.7 Å². The molecule has 0 aliphatic heterocycles. The van der Waals surface area contributed by atoms with Crippen LogP contribution in [-0.4, -0.2) is 12.1 Å². The van der Waals surface area contributed by atoms with E-state index in [4.69, 9.17) is 14.9 Å². The Morgan fingerprint density at radius 2 is 2.12 bits per heavy atom. The Morgan fingerprint density at radius 3 is 2.75 bits per heavy atom.